The standard InChI is InChI=1S/C8H7ClN2S/c1-6-4-5-10-11(6)8-3-2-7(9)12-8/h2-5H,1H3. The molecular weight excluding hydrogens is 192 g/mol. The van der Waals surface area contributed by atoms with Crippen LogP contribution in [-0.4, -0.2) is 9.78 Å². The van der Waals surface area contributed by atoms with Gasteiger partial charge in [-0.25, -0.2) is 4.68 Å². The molecule has 0 aliphatic rings. The molecule has 0 atom stereocenters. The molecule has 0 bridgehead atoms. The van der Waals surface area contributed by atoms with Gasteiger partial charge in [-0.05, 0) is 25.1 Å². The molecule has 2 aromatic heterocycles. The van der Waals surface area contributed by atoms with Crippen LogP contribution in [0.25, 0.3) is 5.00 Å². The Labute approximate surface area is 79.4 Å². The summed E-state index contributed by atoms with van der Waals surface area (Å²) in [5.41, 5.74) is 1.12. The lowest BCUT2D eigenvalue weighted by atomic mass is 10.5. The highest BCUT2D eigenvalue weighted by molar-refractivity contribution is 7.18. The van der Waals surface area contributed by atoms with Crippen LogP contribution in [0.5, 0.6) is 0 Å². The molecule has 0 aliphatic heterocycles. The van der Waals surface area contributed by atoms with Gasteiger partial charge in [0, 0.05) is 11.9 Å². The minimum atomic E-state index is 0.792. The van der Waals surface area contributed by atoms with Gasteiger partial charge in [-0.1, -0.05) is 11.6 Å². The minimum absolute atomic E-state index is 0.792. The van der Waals surface area contributed by atoms with E-state index in [1.807, 2.05) is 29.8 Å². The van der Waals surface area contributed by atoms with Crippen molar-refractivity contribution in [1.29, 1.82) is 0 Å². The lowest BCUT2D eigenvalue weighted by Gasteiger charge is -1.97. The van der Waals surface area contributed by atoms with Crippen molar-refractivity contribution in [2.75, 3.05) is 0 Å². The number of rotatable bonds is 1. The number of halogens is 1. The molecule has 0 aliphatic carbocycles. The number of aromatic nitrogens is 2. The number of thiophene rings is 1. The second kappa shape index (κ2) is 2.92. The molecule has 0 radical (unpaired) electrons. The van der Waals surface area contributed by atoms with Crippen LogP contribution in [-0.2, 0) is 0 Å². The van der Waals surface area contributed by atoms with Gasteiger partial charge < -0.3 is 0 Å². The molecule has 0 saturated carbocycles. The maximum atomic E-state index is 5.81. The van der Waals surface area contributed by atoms with Gasteiger partial charge in [0.25, 0.3) is 0 Å². The Hall–Kier alpha value is -0.800. The van der Waals surface area contributed by atoms with Gasteiger partial charge >= 0.3 is 0 Å². The third-order valence-electron chi connectivity index (χ3n) is 1.60. The van der Waals surface area contributed by atoms with Gasteiger partial charge in [0.2, 0.25) is 0 Å². The third-order valence-corrected chi connectivity index (χ3v) is 2.81. The summed E-state index contributed by atoms with van der Waals surface area (Å²) >= 11 is 7.33. The topological polar surface area (TPSA) is 17.8 Å². The highest BCUT2D eigenvalue weighted by atomic mass is 35.5. The van der Waals surface area contributed by atoms with Crippen LogP contribution >= 0.6 is 22.9 Å². The second-order valence-corrected chi connectivity index (χ2v) is 4.16. The summed E-state index contributed by atoms with van der Waals surface area (Å²) in [6.45, 7) is 2.01. The van der Waals surface area contributed by atoms with Gasteiger partial charge in [0.15, 0.2) is 0 Å². The Morgan fingerprint density at radius 3 is 2.75 bits per heavy atom. The van der Waals surface area contributed by atoms with E-state index in [2.05, 4.69) is 5.10 Å². The first-order chi connectivity index (χ1) is 5.77. The number of aryl methyl sites for hydroxylation is 1. The van der Waals surface area contributed by atoms with Crippen LogP contribution in [0.1, 0.15) is 5.69 Å². The highest BCUT2D eigenvalue weighted by Gasteiger charge is 2.02. The zero-order chi connectivity index (χ0) is 8.55. The Bertz CT molecular complexity index is 391. The van der Waals surface area contributed by atoms with E-state index in [9.17, 15) is 0 Å². The molecule has 12 heavy (non-hydrogen) atoms. The molecule has 0 fully saturated rings. The summed E-state index contributed by atoms with van der Waals surface area (Å²) in [6.07, 6.45) is 1.78. The summed E-state index contributed by atoms with van der Waals surface area (Å²) in [5.74, 6) is 0. The molecule has 2 rings (SSSR count). The molecule has 4 heteroatoms. The van der Waals surface area contributed by atoms with Crippen molar-refractivity contribution in [3.63, 3.8) is 0 Å². The van der Waals surface area contributed by atoms with Gasteiger partial charge in [-0.3, -0.25) is 0 Å². The van der Waals surface area contributed by atoms with E-state index in [0.717, 1.165) is 15.0 Å². The van der Waals surface area contributed by atoms with Crippen molar-refractivity contribution in [2.24, 2.45) is 0 Å². The van der Waals surface area contributed by atoms with Crippen molar-refractivity contribution in [1.82, 2.24) is 9.78 Å². The van der Waals surface area contributed by atoms with E-state index >= 15 is 0 Å². The zero-order valence-electron chi connectivity index (χ0n) is 6.49. The predicted octanol–water partition coefficient (Wildman–Crippen LogP) is 2.90. The van der Waals surface area contributed by atoms with Gasteiger partial charge in [-0.2, -0.15) is 5.10 Å². The van der Waals surface area contributed by atoms with E-state index < -0.39 is 0 Å². The quantitative estimate of drug-likeness (QED) is 0.689. The highest BCUT2D eigenvalue weighted by Crippen LogP contribution is 2.24. The van der Waals surface area contributed by atoms with Crippen LogP contribution in [0.3, 0.4) is 0 Å². The maximum absolute atomic E-state index is 5.81. The van der Waals surface area contributed by atoms with E-state index in [0.29, 0.717) is 0 Å². The average Bonchev–Trinajstić information content (AvgIpc) is 2.58. The molecule has 0 saturated heterocycles. The Balaban J connectivity index is 2.50. The molecule has 0 unspecified atom stereocenters. The van der Waals surface area contributed by atoms with Crippen LogP contribution in [0.15, 0.2) is 24.4 Å². The summed E-state index contributed by atoms with van der Waals surface area (Å²) in [7, 11) is 0. The largest absolute Gasteiger partial charge is 0.228 e. The van der Waals surface area contributed by atoms with Crippen molar-refractivity contribution < 1.29 is 0 Å². The number of hydrogen-bond acceptors (Lipinski definition) is 2. The number of nitrogens with zero attached hydrogens (tertiary/aromatic N) is 2. The Morgan fingerprint density at radius 2 is 2.25 bits per heavy atom. The molecule has 2 aromatic rings. The first-order valence-electron chi connectivity index (χ1n) is 3.54. The van der Waals surface area contributed by atoms with E-state index in [4.69, 9.17) is 11.6 Å². The van der Waals surface area contributed by atoms with Crippen LogP contribution < -0.4 is 0 Å². The smallest absolute Gasteiger partial charge is 0.119 e. The molecular formula is C8H7ClN2S. The summed E-state index contributed by atoms with van der Waals surface area (Å²) < 4.78 is 2.66. The average molecular weight is 199 g/mol. The van der Waals surface area contributed by atoms with Gasteiger partial charge in [-0.15, -0.1) is 11.3 Å². The molecule has 0 N–H and O–H groups in total. The molecule has 2 heterocycles. The van der Waals surface area contributed by atoms with Crippen molar-refractivity contribution in [2.45, 2.75) is 6.92 Å². The predicted molar refractivity (Wildman–Crippen MR) is 51.2 cm³/mol. The van der Waals surface area contributed by atoms with Gasteiger partial charge in [0.05, 0.1) is 4.34 Å². The first kappa shape index (κ1) is 7.83. The fraction of sp³-hybridized carbons (Fsp3) is 0.125. The second-order valence-electron chi connectivity index (χ2n) is 2.46. The molecule has 2 nitrogen and oxygen atoms in total. The molecule has 0 aromatic carbocycles. The lowest BCUT2D eigenvalue weighted by Crippen LogP contribution is -1.94. The van der Waals surface area contributed by atoms with Crippen molar-refractivity contribution >= 4 is 22.9 Å². The summed E-state index contributed by atoms with van der Waals surface area (Å²) in [4.78, 5) is 0. The monoisotopic (exact) mass is 198 g/mol. The SMILES string of the molecule is Cc1ccnn1-c1ccc(Cl)s1. The van der Waals surface area contributed by atoms with Gasteiger partial charge in [0.1, 0.15) is 5.00 Å². The number of hydrogen-bond donors (Lipinski definition) is 0. The third kappa shape index (κ3) is 1.26. The summed E-state index contributed by atoms with van der Waals surface area (Å²) in [6, 6.07) is 5.81. The minimum Gasteiger partial charge on any atom is -0.228 e. The maximum Gasteiger partial charge on any atom is 0.119 e. The lowest BCUT2D eigenvalue weighted by molar-refractivity contribution is 0.863. The van der Waals surface area contributed by atoms with Crippen LogP contribution in [0.2, 0.25) is 4.34 Å². The van der Waals surface area contributed by atoms with Crippen LogP contribution in [0, 0.1) is 6.92 Å². The fourth-order valence-corrected chi connectivity index (χ4v) is 2.07. The Kier molecular flexibility index (Phi) is 1.90. The Morgan fingerprint density at radius 1 is 1.42 bits per heavy atom. The van der Waals surface area contributed by atoms with E-state index in [1.54, 1.807) is 6.20 Å². The fourth-order valence-electron chi connectivity index (χ4n) is 1.02. The zero-order valence-corrected chi connectivity index (χ0v) is 8.06. The summed E-state index contributed by atoms with van der Waals surface area (Å²) in [5, 5.41) is 5.23. The first-order valence-corrected chi connectivity index (χ1v) is 4.73. The van der Waals surface area contributed by atoms with Crippen LogP contribution in [0.4, 0.5) is 0 Å². The van der Waals surface area contributed by atoms with E-state index in [1.165, 1.54) is 11.3 Å². The van der Waals surface area contributed by atoms with Crippen molar-refractivity contribution in [3.05, 3.63) is 34.4 Å². The normalized spacial score (nSPS) is 10.5. The molecule has 0 spiro atoms. The van der Waals surface area contributed by atoms with Crippen molar-refractivity contribution in [3.8, 4) is 5.00 Å². The molecule has 62 valence electrons. The molecule has 0 amide bonds. The van der Waals surface area contributed by atoms with E-state index in [-0.39, 0.29) is 0 Å².